The molecule has 1 saturated heterocycles. The average Bonchev–Trinajstić information content (AvgIpc) is 2.92. The number of hydrogen-bond donors (Lipinski definition) is 2. The van der Waals surface area contributed by atoms with Gasteiger partial charge in [0.2, 0.25) is 0 Å². The number of hydrogen-bond acceptors (Lipinski definition) is 4. The van der Waals surface area contributed by atoms with Gasteiger partial charge in [0.15, 0.2) is 0 Å². The highest BCUT2D eigenvalue weighted by molar-refractivity contribution is 5.98. The van der Waals surface area contributed by atoms with Gasteiger partial charge in [-0.05, 0) is 38.3 Å². The van der Waals surface area contributed by atoms with E-state index < -0.39 is 0 Å². The molecule has 2 heterocycles. The third kappa shape index (κ3) is 3.67. The zero-order valence-electron chi connectivity index (χ0n) is 11.4. The van der Waals surface area contributed by atoms with Crippen molar-refractivity contribution < 1.29 is 4.79 Å². The first-order valence-electron chi connectivity index (χ1n) is 6.92. The molecule has 5 heteroatoms. The van der Waals surface area contributed by atoms with E-state index in [0.717, 1.165) is 25.3 Å². The van der Waals surface area contributed by atoms with E-state index in [1.807, 2.05) is 13.0 Å². The molecule has 1 aliphatic heterocycles. The highest BCUT2D eigenvalue weighted by Crippen LogP contribution is 2.21. The molecule has 1 unspecified atom stereocenters. The van der Waals surface area contributed by atoms with Gasteiger partial charge < -0.3 is 16.0 Å². The van der Waals surface area contributed by atoms with Crippen LogP contribution in [0.15, 0.2) is 18.3 Å². The number of carbonyl (C=O) groups excluding carboxylic acids is 1. The number of aromatic nitrogens is 1. The number of nitrogens with two attached hydrogens (primary N) is 1. The van der Waals surface area contributed by atoms with E-state index in [4.69, 9.17) is 5.73 Å². The van der Waals surface area contributed by atoms with Crippen LogP contribution in [-0.4, -0.2) is 36.6 Å². The molecule has 1 aromatic heterocycles. The molecule has 2 rings (SSSR count). The smallest absolute Gasteiger partial charge is 0.255 e. The minimum absolute atomic E-state index is 0.0596. The van der Waals surface area contributed by atoms with Crippen molar-refractivity contribution in [3.8, 4) is 0 Å². The Morgan fingerprint density at radius 1 is 1.53 bits per heavy atom. The van der Waals surface area contributed by atoms with Crippen molar-refractivity contribution in [3.63, 3.8) is 0 Å². The number of anilines is 1. The minimum atomic E-state index is -0.0596. The molecular weight excluding hydrogens is 240 g/mol. The van der Waals surface area contributed by atoms with Gasteiger partial charge in [-0.15, -0.1) is 0 Å². The fourth-order valence-electron chi connectivity index (χ4n) is 2.26. The highest BCUT2D eigenvalue weighted by atomic mass is 16.1. The van der Waals surface area contributed by atoms with Crippen LogP contribution in [0.25, 0.3) is 0 Å². The van der Waals surface area contributed by atoms with Crippen molar-refractivity contribution >= 4 is 11.7 Å². The fraction of sp³-hybridized carbons (Fsp3) is 0.571. The lowest BCUT2D eigenvalue weighted by Gasteiger charge is -2.19. The van der Waals surface area contributed by atoms with Crippen LogP contribution in [-0.2, 0) is 0 Å². The number of nitrogens with zero attached hydrogens (tertiary/aromatic N) is 2. The van der Waals surface area contributed by atoms with E-state index in [0.29, 0.717) is 12.1 Å². The quantitative estimate of drug-likeness (QED) is 0.835. The number of pyridine rings is 1. The Labute approximate surface area is 114 Å². The summed E-state index contributed by atoms with van der Waals surface area (Å²) < 4.78 is 0. The average molecular weight is 262 g/mol. The van der Waals surface area contributed by atoms with Crippen LogP contribution in [0.1, 0.15) is 36.5 Å². The Hall–Kier alpha value is -1.62. The summed E-state index contributed by atoms with van der Waals surface area (Å²) in [6, 6.07) is 3.74. The van der Waals surface area contributed by atoms with E-state index in [2.05, 4.69) is 15.2 Å². The number of nitrogens with one attached hydrogen (secondary N) is 1. The Balaban J connectivity index is 2.04. The summed E-state index contributed by atoms with van der Waals surface area (Å²) in [5.41, 5.74) is 6.34. The normalized spacial score (nSPS) is 16.4. The summed E-state index contributed by atoms with van der Waals surface area (Å²) >= 11 is 0. The lowest BCUT2D eigenvalue weighted by Crippen LogP contribution is -2.31. The van der Waals surface area contributed by atoms with Gasteiger partial charge in [0.05, 0.1) is 5.56 Å². The van der Waals surface area contributed by atoms with Crippen molar-refractivity contribution in [1.82, 2.24) is 10.3 Å². The van der Waals surface area contributed by atoms with Gasteiger partial charge in [0.25, 0.3) is 5.91 Å². The van der Waals surface area contributed by atoms with Crippen LogP contribution in [0.5, 0.6) is 0 Å². The second-order valence-corrected chi connectivity index (χ2v) is 5.09. The molecule has 5 nitrogen and oxygen atoms in total. The van der Waals surface area contributed by atoms with E-state index >= 15 is 0 Å². The Bertz CT molecular complexity index is 427. The molecule has 0 saturated carbocycles. The first-order chi connectivity index (χ1) is 9.18. The van der Waals surface area contributed by atoms with Crippen LogP contribution in [0, 0.1) is 0 Å². The molecule has 1 amide bonds. The standard InChI is InChI=1S/C14H22N4O/c1-11(15)6-8-17-14(19)12-5-4-7-16-13(12)18-9-2-3-10-18/h4-5,7,11H,2-3,6,8-10,15H2,1H3,(H,17,19). The zero-order valence-corrected chi connectivity index (χ0v) is 11.4. The predicted octanol–water partition coefficient (Wildman–Crippen LogP) is 1.15. The van der Waals surface area contributed by atoms with Crippen molar-refractivity contribution in [2.75, 3.05) is 24.5 Å². The van der Waals surface area contributed by atoms with Gasteiger partial charge in [-0.2, -0.15) is 0 Å². The molecule has 0 radical (unpaired) electrons. The summed E-state index contributed by atoms with van der Waals surface area (Å²) in [5.74, 6) is 0.744. The second-order valence-electron chi connectivity index (χ2n) is 5.09. The second kappa shape index (κ2) is 6.52. The monoisotopic (exact) mass is 262 g/mol. The van der Waals surface area contributed by atoms with Gasteiger partial charge in [0.1, 0.15) is 5.82 Å². The third-order valence-corrected chi connectivity index (χ3v) is 3.32. The summed E-state index contributed by atoms with van der Waals surface area (Å²) in [5, 5.41) is 2.91. The fourth-order valence-corrected chi connectivity index (χ4v) is 2.26. The maximum atomic E-state index is 12.2. The van der Waals surface area contributed by atoms with Gasteiger partial charge >= 0.3 is 0 Å². The molecular formula is C14H22N4O. The molecule has 1 atom stereocenters. The molecule has 0 aromatic carbocycles. The molecule has 1 aromatic rings. The Morgan fingerprint density at radius 2 is 2.26 bits per heavy atom. The third-order valence-electron chi connectivity index (χ3n) is 3.32. The number of amides is 1. The SMILES string of the molecule is CC(N)CCNC(=O)c1cccnc1N1CCCC1. The van der Waals surface area contributed by atoms with Crippen molar-refractivity contribution in [1.29, 1.82) is 0 Å². The van der Waals surface area contributed by atoms with Gasteiger partial charge in [-0.3, -0.25) is 4.79 Å². The maximum absolute atomic E-state index is 12.2. The number of carbonyl (C=O) groups is 1. The highest BCUT2D eigenvalue weighted by Gasteiger charge is 2.20. The summed E-state index contributed by atoms with van der Waals surface area (Å²) in [6.07, 6.45) is 4.86. The maximum Gasteiger partial charge on any atom is 0.255 e. The van der Waals surface area contributed by atoms with Crippen LogP contribution in [0.3, 0.4) is 0 Å². The molecule has 0 spiro atoms. The first kappa shape index (κ1) is 13.8. The van der Waals surface area contributed by atoms with Crippen LogP contribution >= 0.6 is 0 Å². The van der Waals surface area contributed by atoms with Crippen molar-refractivity contribution in [2.45, 2.75) is 32.2 Å². The number of rotatable bonds is 5. The van der Waals surface area contributed by atoms with Crippen LogP contribution in [0.2, 0.25) is 0 Å². The van der Waals surface area contributed by atoms with E-state index in [1.165, 1.54) is 12.8 Å². The van der Waals surface area contributed by atoms with E-state index in [9.17, 15) is 4.79 Å². The minimum Gasteiger partial charge on any atom is -0.356 e. The Morgan fingerprint density at radius 3 is 2.95 bits per heavy atom. The van der Waals surface area contributed by atoms with Gasteiger partial charge in [-0.25, -0.2) is 4.98 Å². The lowest BCUT2D eigenvalue weighted by molar-refractivity contribution is 0.0953. The first-order valence-corrected chi connectivity index (χ1v) is 6.92. The topological polar surface area (TPSA) is 71.2 Å². The van der Waals surface area contributed by atoms with Crippen LogP contribution in [0.4, 0.5) is 5.82 Å². The predicted molar refractivity (Wildman–Crippen MR) is 76.3 cm³/mol. The van der Waals surface area contributed by atoms with Gasteiger partial charge in [-0.1, -0.05) is 0 Å². The van der Waals surface area contributed by atoms with Crippen molar-refractivity contribution in [3.05, 3.63) is 23.9 Å². The molecule has 1 fully saturated rings. The van der Waals surface area contributed by atoms with Crippen LogP contribution < -0.4 is 16.0 Å². The van der Waals surface area contributed by atoms with Crippen molar-refractivity contribution in [2.24, 2.45) is 5.73 Å². The van der Waals surface area contributed by atoms with E-state index in [1.54, 1.807) is 12.3 Å². The largest absolute Gasteiger partial charge is 0.356 e. The summed E-state index contributed by atoms with van der Waals surface area (Å²) in [4.78, 5) is 18.7. The lowest BCUT2D eigenvalue weighted by atomic mass is 10.2. The molecule has 0 aliphatic carbocycles. The molecule has 104 valence electrons. The molecule has 0 bridgehead atoms. The van der Waals surface area contributed by atoms with E-state index in [-0.39, 0.29) is 11.9 Å². The Kier molecular flexibility index (Phi) is 4.74. The summed E-state index contributed by atoms with van der Waals surface area (Å²) in [7, 11) is 0. The zero-order chi connectivity index (χ0) is 13.7. The molecule has 19 heavy (non-hydrogen) atoms. The van der Waals surface area contributed by atoms with Gasteiger partial charge in [0, 0.05) is 31.9 Å². The molecule has 1 aliphatic rings. The molecule has 3 N–H and O–H groups in total. The summed E-state index contributed by atoms with van der Waals surface area (Å²) in [6.45, 7) is 4.50.